The number of benzene rings is 2. The van der Waals surface area contributed by atoms with Crippen LogP contribution in [0.4, 0.5) is 5.69 Å². The van der Waals surface area contributed by atoms with Crippen molar-refractivity contribution in [3.05, 3.63) is 64.7 Å². The SMILES string of the molecule is C[C@@H](C(=O)C1=Nc2cc3c(cc2C1)CN=C3C1CCOCC1)c1ccccc1. The average Bonchev–Trinajstić information content (AvgIpc) is 3.35. The van der Waals surface area contributed by atoms with Crippen molar-refractivity contribution in [2.75, 3.05) is 13.2 Å². The van der Waals surface area contributed by atoms with Crippen LogP contribution < -0.4 is 0 Å². The first-order valence-electron chi connectivity index (χ1n) is 10.2. The van der Waals surface area contributed by atoms with Gasteiger partial charge in [0.25, 0.3) is 0 Å². The van der Waals surface area contributed by atoms with Gasteiger partial charge in [-0.1, -0.05) is 43.3 Å². The van der Waals surface area contributed by atoms with Gasteiger partial charge in [0.05, 0.1) is 17.9 Å². The van der Waals surface area contributed by atoms with Gasteiger partial charge < -0.3 is 4.74 Å². The Labute approximate surface area is 165 Å². The zero-order chi connectivity index (χ0) is 19.1. The van der Waals surface area contributed by atoms with E-state index >= 15 is 0 Å². The summed E-state index contributed by atoms with van der Waals surface area (Å²) in [6.07, 6.45) is 2.71. The van der Waals surface area contributed by atoms with Crippen LogP contribution in [0.15, 0.2) is 52.4 Å². The quantitative estimate of drug-likeness (QED) is 0.798. The monoisotopic (exact) mass is 372 g/mol. The van der Waals surface area contributed by atoms with Crippen molar-refractivity contribution in [1.82, 2.24) is 0 Å². The van der Waals surface area contributed by atoms with E-state index in [1.807, 2.05) is 37.3 Å². The minimum Gasteiger partial charge on any atom is -0.381 e. The number of hydrogen-bond donors (Lipinski definition) is 0. The maximum absolute atomic E-state index is 13.0. The molecule has 1 saturated heterocycles. The predicted octanol–water partition coefficient (Wildman–Crippen LogP) is 4.42. The van der Waals surface area contributed by atoms with Gasteiger partial charge in [0.1, 0.15) is 0 Å². The third-order valence-electron chi connectivity index (χ3n) is 6.20. The minimum atomic E-state index is -0.166. The fourth-order valence-corrected chi connectivity index (χ4v) is 4.53. The Morgan fingerprint density at radius 2 is 1.89 bits per heavy atom. The van der Waals surface area contributed by atoms with Crippen molar-refractivity contribution >= 4 is 22.9 Å². The molecule has 4 nitrogen and oxygen atoms in total. The van der Waals surface area contributed by atoms with Crippen LogP contribution in [0.3, 0.4) is 0 Å². The van der Waals surface area contributed by atoms with Crippen molar-refractivity contribution in [3.8, 4) is 0 Å². The molecule has 1 fully saturated rings. The zero-order valence-corrected chi connectivity index (χ0v) is 16.1. The van der Waals surface area contributed by atoms with E-state index in [2.05, 4.69) is 12.1 Å². The van der Waals surface area contributed by atoms with E-state index < -0.39 is 0 Å². The summed E-state index contributed by atoms with van der Waals surface area (Å²) in [5.74, 6) is 0.444. The Balaban J connectivity index is 1.40. The molecule has 4 heteroatoms. The van der Waals surface area contributed by atoms with Gasteiger partial charge in [0, 0.05) is 42.7 Å². The summed E-state index contributed by atoms with van der Waals surface area (Å²) in [6, 6.07) is 14.3. The van der Waals surface area contributed by atoms with E-state index in [1.165, 1.54) is 16.8 Å². The highest BCUT2D eigenvalue weighted by Crippen LogP contribution is 2.36. The van der Waals surface area contributed by atoms with Crippen LogP contribution in [0.1, 0.15) is 47.9 Å². The Morgan fingerprint density at radius 3 is 2.68 bits per heavy atom. The third kappa shape index (κ3) is 3.02. The molecule has 3 aliphatic heterocycles. The molecular weight excluding hydrogens is 348 g/mol. The number of hydrogen-bond acceptors (Lipinski definition) is 4. The number of ketones is 1. The lowest BCUT2D eigenvalue weighted by Crippen LogP contribution is -2.23. The van der Waals surface area contributed by atoms with E-state index in [4.69, 9.17) is 14.7 Å². The van der Waals surface area contributed by atoms with Gasteiger partial charge in [-0.15, -0.1) is 0 Å². The Hall–Kier alpha value is -2.59. The smallest absolute Gasteiger partial charge is 0.184 e. The molecule has 2 aromatic carbocycles. The molecular formula is C24H24N2O2. The second-order valence-electron chi connectivity index (χ2n) is 7.96. The topological polar surface area (TPSA) is 51.0 Å². The lowest BCUT2D eigenvalue weighted by atomic mass is 9.88. The van der Waals surface area contributed by atoms with Crippen LogP contribution in [0, 0.1) is 5.92 Å². The number of ether oxygens (including phenoxy) is 1. The Kier molecular flexibility index (Phi) is 4.44. The molecule has 3 heterocycles. The molecule has 0 amide bonds. The fraction of sp³-hybridized carbons (Fsp3) is 0.375. The van der Waals surface area contributed by atoms with E-state index in [0.29, 0.717) is 18.1 Å². The molecule has 0 radical (unpaired) electrons. The molecule has 0 N–H and O–H groups in total. The van der Waals surface area contributed by atoms with E-state index in [9.17, 15) is 4.79 Å². The summed E-state index contributed by atoms with van der Waals surface area (Å²) in [6.45, 7) is 4.36. The van der Waals surface area contributed by atoms with Crippen LogP contribution in [-0.2, 0) is 22.5 Å². The molecule has 3 aliphatic rings. The van der Waals surface area contributed by atoms with Gasteiger partial charge in [-0.05, 0) is 35.6 Å². The molecule has 142 valence electrons. The highest BCUT2D eigenvalue weighted by atomic mass is 16.5. The summed E-state index contributed by atoms with van der Waals surface area (Å²) in [7, 11) is 0. The molecule has 0 spiro atoms. The van der Waals surface area contributed by atoms with Crippen molar-refractivity contribution in [3.63, 3.8) is 0 Å². The number of carbonyl (C=O) groups excluding carboxylic acids is 1. The van der Waals surface area contributed by atoms with Crippen molar-refractivity contribution in [1.29, 1.82) is 0 Å². The Bertz CT molecular complexity index is 985. The number of aliphatic imine (C=N–C) groups is 2. The molecule has 0 unspecified atom stereocenters. The summed E-state index contributed by atoms with van der Waals surface area (Å²) in [5, 5.41) is 0. The predicted molar refractivity (Wildman–Crippen MR) is 111 cm³/mol. The maximum Gasteiger partial charge on any atom is 0.184 e. The number of nitrogens with zero attached hydrogens (tertiary/aromatic N) is 2. The van der Waals surface area contributed by atoms with Crippen LogP contribution in [0.5, 0.6) is 0 Å². The minimum absolute atomic E-state index is 0.126. The lowest BCUT2D eigenvalue weighted by Gasteiger charge is -2.22. The van der Waals surface area contributed by atoms with Gasteiger partial charge in [0.15, 0.2) is 5.78 Å². The number of Topliss-reactive ketones (excluding diaryl/α,β-unsaturated/α-hetero) is 1. The van der Waals surface area contributed by atoms with Gasteiger partial charge in [-0.25, -0.2) is 4.99 Å². The van der Waals surface area contributed by atoms with Crippen LogP contribution in [-0.4, -0.2) is 30.4 Å². The van der Waals surface area contributed by atoms with Crippen molar-refractivity contribution in [2.45, 2.75) is 38.6 Å². The highest BCUT2D eigenvalue weighted by molar-refractivity contribution is 6.43. The second kappa shape index (κ2) is 7.10. The average molecular weight is 372 g/mol. The number of rotatable bonds is 4. The Morgan fingerprint density at radius 1 is 1.11 bits per heavy atom. The first kappa shape index (κ1) is 17.5. The molecule has 0 saturated carbocycles. The summed E-state index contributed by atoms with van der Waals surface area (Å²) >= 11 is 0. The summed E-state index contributed by atoms with van der Waals surface area (Å²) in [4.78, 5) is 22.6. The molecule has 5 rings (SSSR count). The molecule has 2 aromatic rings. The highest BCUT2D eigenvalue weighted by Gasteiger charge is 2.30. The second-order valence-corrected chi connectivity index (χ2v) is 7.96. The molecule has 0 aliphatic carbocycles. The van der Waals surface area contributed by atoms with Crippen LogP contribution in [0.25, 0.3) is 0 Å². The number of fused-ring (bicyclic) bond motifs is 2. The molecule has 28 heavy (non-hydrogen) atoms. The zero-order valence-electron chi connectivity index (χ0n) is 16.1. The van der Waals surface area contributed by atoms with Crippen LogP contribution >= 0.6 is 0 Å². The normalized spacial score (nSPS) is 19.6. The van der Waals surface area contributed by atoms with Gasteiger partial charge in [-0.2, -0.15) is 0 Å². The van der Waals surface area contributed by atoms with E-state index in [1.54, 1.807) is 0 Å². The van der Waals surface area contributed by atoms with Gasteiger partial charge in [0.2, 0.25) is 0 Å². The van der Waals surface area contributed by atoms with Crippen molar-refractivity contribution in [2.24, 2.45) is 15.9 Å². The summed E-state index contributed by atoms with van der Waals surface area (Å²) < 4.78 is 5.51. The lowest BCUT2D eigenvalue weighted by molar-refractivity contribution is -0.114. The van der Waals surface area contributed by atoms with Gasteiger partial charge >= 0.3 is 0 Å². The van der Waals surface area contributed by atoms with E-state index in [0.717, 1.165) is 49.4 Å². The molecule has 0 bridgehead atoms. The van der Waals surface area contributed by atoms with Crippen molar-refractivity contribution < 1.29 is 9.53 Å². The maximum atomic E-state index is 13.0. The molecule has 1 atom stereocenters. The van der Waals surface area contributed by atoms with Gasteiger partial charge in [-0.3, -0.25) is 9.79 Å². The summed E-state index contributed by atoms with van der Waals surface area (Å²) in [5.41, 5.74) is 7.56. The fourth-order valence-electron chi connectivity index (χ4n) is 4.53. The first-order valence-corrected chi connectivity index (χ1v) is 10.2. The largest absolute Gasteiger partial charge is 0.381 e. The number of carbonyl (C=O) groups is 1. The molecule has 0 aromatic heterocycles. The van der Waals surface area contributed by atoms with E-state index in [-0.39, 0.29) is 11.7 Å². The first-order chi connectivity index (χ1) is 13.7. The standard InChI is InChI=1S/C24H24N2O2/c1-15(16-5-3-2-4-6-16)24(27)22-12-18-11-19-14-25-23(17-7-9-28-10-8-17)20(19)13-21(18)26-22/h2-6,11,13,15,17H,7-10,12,14H2,1H3/t15-/m1/s1. The van der Waals surface area contributed by atoms with Crippen LogP contribution in [0.2, 0.25) is 0 Å². The third-order valence-corrected chi connectivity index (χ3v) is 6.20.